The third-order valence-electron chi connectivity index (χ3n) is 6.46. The van der Waals surface area contributed by atoms with Crippen LogP contribution in [0.15, 0.2) is 66.7 Å². The van der Waals surface area contributed by atoms with Crippen LogP contribution in [0.5, 0.6) is 11.5 Å². The number of piperazine rings is 1. The molecule has 1 fully saturated rings. The van der Waals surface area contributed by atoms with E-state index in [0.29, 0.717) is 29.3 Å². The smallest absolute Gasteiger partial charge is 0.270 e. The molecule has 0 aliphatic carbocycles. The molecule has 3 heterocycles. The first-order valence-corrected chi connectivity index (χ1v) is 12.4. The molecule has 5 rings (SSSR count). The van der Waals surface area contributed by atoms with Crippen molar-refractivity contribution in [3.63, 3.8) is 0 Å². The summed E-state index contributed by atoms with van der Waals surface area (Å²) in [5, 5.41) is 3.69. The number of hydrogen-bond donors (Lipinski definition) is 1. The Balaban J connectivity index is 1.23. The van der Waals surface area contributed by atoms with Gasteiger partial charge in [0.1, 0.15) is 11.5 Å². The van der Waals surface area contributed by atoms with Gasteiger partial charge in [-0.15, -0.1) is 0 Å². The number of nitrogens with one attached hydrogen (secondary N) is 1. The molecule has 0 radical (unpaired) electrons. The Bertz CT molecular complexity index is 1420. The summed E-state index contributed by atoms with van der Waals surface area (Å²) in [6.07, 6.45) is 0. The Morgan fingerprint density at radius 2 is 1.57 bits per heavy atom. The Kier molecular flexibility index (Phi) is 7.28. The zero-order valence-corrected chi connectivity index (χ0v) is 21.5. The van der Waals surface area contributed by atoms with Crippen molar-refractivity contribution in [2.45, 2.75) is 6.54 Å². The number of nitrogens with zero attached hydrogens (tertiary/aromatic N) is 4. The van der Waals surface area contributed by atoms with Gasteiger partial charge in [0.05, 0.1) is 36.0 Å². The van der Waals surface area contributed by atoms with Crippen molar-refractivity contribution < 1.29 is 14.3 Å². The van der Waals surface area contributed by atoms with Crippen molar-refractivity contribution in [2.75, 3.05) is 50.2 Å². The standard InChI is InChI=1S/C28H28ClN5O3/c1-36-25-11-7-19(17-26(25)37-2)18-30-28(35)23-9-8-22-21(31-23)10-12-27(32-22)34-15-13-33(14-16-34)24-6-4-3-5-20(24)29/h3-12,17H,13-16,18H2,1-2H3,(H,30,35). The van der Waals surface area contributed by atoms with Gasteiger partial charge < -0.3 is 24.6 Å². The predicted molar refractivity (Wildman–Crippen MR) is 146 cm³/mol. The van der Waals surface area contributed by atoms with Crippen LogP contribution in [-0.4, -0.2) is 56.3 Å². The van der Waals surface area contributed by atoms with E-state index in [1.54, 1.807) is 20.3 Å². The lowest BCUT2D eigenvalue weighted by Gasteiger charge is -2.37. The number of pyridine rings is 2. The van der Waals surface area contributed by atoms with Crippen molar-refractivity contribution >= 4 is 40.0 Å². The number of methoxy groups -OCH3 is 2. The van der Waals surface area contributed by atoms with Crippen LogP contribution in [0.4, 0.5) is 11.5 Å². The van der Waals surface area contributed by atoms with E-state index in [2.05, 4.69) is 26.2 Å². The number of amides is 1. The summed E-state index contributed by atoms with van der Waals surface area (Å²) >= 11 is 6.37. The van der Waals surface area contributed by atoms with E-state index in [-0.39, 0.29) is 5.91 Å². The second kappa shape index (κ2) is 10.9. The number of fused-ring (bicyclic) bond motifs is 1. The molecule has 1 aliphatic heterocycles. The number of carbonyl (C=O) groups is 1. The fourth-order valence-electron chi connectivity index (χ4n) is 4.45. The van der Waals surface area contributed by atoms with Crippen molar-refractivity contribution in [1.29, 1.82) is 0 Å². The average Bonchev–Trinajstić information content (AvgIpc) is 2.95. The molecule has 2 aromatic heterocycles. The van der Waals surface area contributed by atoms with E-state index in [4.69, 9.17) is 26.1 Å². The fraction of sp³-hybridized carbons (Fsp3) is 0.250. The van der Waals surface area contributed by atoms with Gasteiger partial charge in [0.15, 0.2) is 11.5 Å². The van der Waals surface area contributed by atoms with Crippen LogP contribution in [0.25, 0.3) is 11.0 Å². The van der Waals surface area contributed by atoms with Crippen molar-refractivity contribution in [2.24, 2.45) is 0 Å². The zero-order valence-electron chi connectivity index (χ0n) is 20.8. The fourth-order valence-corrected chi connectivity index (χ4v) is 4.70. The molecule has 1 saturated heterocycles. The summed E-state index contributed by atoms with van der Waals surface area (Å²) < 4.78 is 10.6. The van der Waals surface area contributed by atoms with E-state index in [0.717, 1.165) is 53.8 Å². The molecular formula is C28H28ClN5O3. The molecule has 0 bridgehead atoms. The molecule has 4 aromatic rings. The van der Waals surface area contributed by atoms with Crippen molar-refractivity contribution in [3.05, 3.63) is 83.0 Å². The van der Waals surface area contributed by atoms with Gasteiger partial charge in [-0.25, -0.2) is 9.97 Å². The van der Waals surface area contributed by atoms with Crippen LogP contribution in [0.1, 0.15) is 16.1 Å². The maximum atomic E-state index is 12.8. The second-order valence-electron chi connectivity index (χ2n) is 8.70. The molecule has 1 N–H and O–H groups in total. The van der Waals surface area contributed by atoms with Crippen LogP contribution < -0.4 is 24.6 Å². The van der Waals surface area contributed by atoms with Crippen LogP contribution >= 0.6 is 11.6 Å². The number of halogens is 1. The molecule has 190 valence electrons. The number of rotatable bonds is 7. The Morgan fingerprint density at radius 3 is 2.32 bits per heavy atom. The maximum absolute atomic E-state index is 12.8. The lowest BCUT2D eigenvalue weighted by atomic mass is 10.2. The minimum atomic E-state index is -0.253. The van der Waals surface area contributed by atoms with Crippen LogP contribution in [0.2, 0.25) is 5.02 Å². The van der Waals surface area contributed by atoms with E-state index < -0.39 is 0 Å². The quantitative estimate of drug-likeness (QED) is 0.385. The summed E-state index contributed by atoms with van der Waals surface area (Å²) in [7, 11) is 3.17. The molecule has 2 aromatic carbocycles. The van der Waals surface area contributed by atoms with Gasteiger partial charge in [-0.3, -0.25) is 4.79 Å². The predicted octanol–water partition coefficient (Wildman–Crippen LogP) is 4.56. The first kappa shape index (κ1) is 24.6. The molecule has 0 atom stereocenters. The van der Waals surface area contributed by atoms with Gasteiger partial charge in [-0.1, -0.05) is 29.8 Å². The SMILES string of the molecule is COc1ccc(CNC(=O)c2ccc3nc(N4CCN(c5ccccc5Cl)CC4)ccc3n2)cc1OC. The molecular weight excluding hydrogens is 490 g/mol. The summed E-state index contributed by atoms with van der Waals surface area (Å²) in [5.41, 5.74) is 3.74. The molecule has 37 heavy (non-hydrogen) atoms. The maximum Gasteiger partial charge on any atom is 0.270 e. The summed E-state index contributed by atoms with van der Waals surface area (Å²) in [6, 6.07) is 20.9. The summed E-state index contributed by atoms with van der Waals surface area (Å²) in [4.78, 5) is 26.7. The first-order valence-electron chi connectivity index (χ1n) is 12.1. The van der Waals surface area contributed by atoms with E-state index in [1.807, 2.05) is 54.6 Å². The molecule has 1 aliphatic rings. The van der Waals surface area contributed by atoms with Crippen molar-refractivity contribution in [3.8, 4) is 11.5 Å². The molecule has 0 spiro atoms. The topological polar surface area (TPSA) is 79.8 Å². The van der Waals surface area contributed by atoms with Gasteiger partial charge in [-0.05, 0) is 54.1 Å². The van der Waals surface area contributed by atoms with Crippen LogP contribution in [0, 0.1) is 0 Å². The summed E-state index contributed by atoms with van der Waals surface area (Å²) in [5.74, 6) is 1.91. The summed E-state index contributed by atoms with van der Waals surface area (Å²) in [6.45, 7) is 3.75. The van der Waals surface area contributed by atoms with E-state index in [9.17, 15) is 4.79 Å². The Labute approximate surface area is 220 Å². The highest BCUT2D eigenvalue weighted by molar-refractivity contribution is 6.33. The highest BCUT2D eigenvalue weighted by Crippen LogP contribution is 2.28. The second-order valence-corrected chi connectivity index (χ2v) is 9.11. The minimum absolute atomic E-state index is 0.253. The number of carbonyl (C=O) groups excluding carboxylic acids is 1. The number of para-hydroxylation sites is 1. The lowest BCUT2D eigenvalue weighted by Crippen LogP contribution is -2.46. The van der Waals surface area contributed by atoms with Crippen LogP contribution in [0.3, 0.4) is 0 Å². The minimum Gasteiger partial charge on any atom is -0.493 e. The van der Waals surface area contributed by atoms with Gasteiger partial charge >= 0.3 is 0 Å². The van der Waals surface area contributed by atoms with Gasteiger partial charge in [-0.2, -0.15) is 0 Å². The molecule has 0 unspecified atom stereocenters. The normalized spacial score (nSPS) is 13.5. The molecule has 9 heteroatoms. The Morgan fingerprint density at radius 1 is 0.865 bits per heavy atom. The number of hydrogen-bond acceptors (Lipinski definition) is 7. The lowest BCUT2D eigenvalue weighted by molar-refractivity contribution is 0.0946. The monoisotopic (exact) mass is 517 g/mol. The number of ether oxygens (including phenoxy) is 2. The number of aromatic nitrogens is 2. The highest BCUT2D eigenvalue weighted by Gasteiger charge is 2.20. The highest BCUT2D eigenvalue weighted by atomic mass is 35.5. The van der Waals surface area contributed by atoms with Gasteiger partial charge in [0, 0.05) is 32.7 Å². The van der Waals surface area contributed by atoms with Crippen LogP contribution in [-0.2, 0) is 6.54 Å². The first-order chi connectivity index (χ1) is 18.1. The third kappa shape index (κ3) is 5.39. The third-order valence-corrected chi connectivity index (χ3v) is 6.78. The van der Waals surface area contributed by atoms with Gasteiger partial charge in [0.25, 0.3) is 5.91 Å². The average molecular weight is 518 g/mol. The Hall–Kier alpha value is -4.04. The van der Waals surface area contributed by atoms with E-state index >= 15 is 0 Å². The van der Waals surface area contributed by atoms with Gasteiger partial charge in [0.2, 0.25) is 0 Å². The molecule has 8 nitrogen and oxygen atoms in total. The zero-order chi connectivity index (χ0) is 25.8. The number of anilines is 2. The van der Waals surface area contributed by atoms with E-state index in [1.165, 1.54) is 0 Å². The molecule has 1 amide bonds. The van der Waals surface area contributed by atoms with Crippen molar-refractivity contribution in [1.82, 2.24) is 15.3 Å². The molecule has 0 saturated carbocycles. The largest absolute Gasteiger partial charge is 0.493 e. The number of benzene rings is 2.